The van der Waals surface area contributed by atoms with Crippen LogP contribution in [-0.2, 0) is 30.8 Å². The molecule has 0 atom stereocenters. The molecule has 22 heteroatoms. The molecule has 0 radical (unpaired) electrons. The van der Waals surface area contributed by atoms with Crippen molar-refractivity contribution in [2.24, 2.45) is 30.7 Å². The molecule has 60 heavy (non-hydrogen) atoms. The van der Waals surface area contributed by atoms with Crippen molar-refractivity contribution in [2.45, 2.75) is 23.6 Å². The van der Waals surface area contributed by atoms with Gasteiger partial charge in [0, 0.05) is 28.9 Å². The van der Waals surface area contributed by atoms with Gasteiger partial charge in [0.15, 0.2) is 5.75 Å². The second-order valence-electron chi connectivity index (χ2n) is 12.3. The average Bonchev–Trinajstić information content (AvgIpc) is 3.19. The van der Waals surface area contributed by atoms with Crippen LogP contribution in [0.1, 0.15) is 11.1 Å². The smallest absolute Gasteiger partial charge is 0.425 e. The minimum atomic E-state index is -4.87. The van der Waals surface area contributed by atoms with Gasteiger partial charge in [-0.2, -0.15) is 27.1 Å². The second-order valence-corrected chi connectivity index (χ2v) is 15.5. The number of anilines is 2. The van der Waals surface area contributed by atoms with Crippen LogP contribution in [0, 0.1) is 13.8 Å². The Bertz CT molecular complexity index is 3030. The predicted molar refractivity (Wildman–Crippen MR) is 219 cm³/mol. The molecular weight excluding hydrogens is 843 g/mol. The third-order valence-corrected chi connectivity index (χ3v) is 10.1. The number of hydrogen-bond acceptors (Lipinski definition) is 17. The fraction of sp³-hybridized carbons (Fsp3) is 0.105. The van der Waals surface area contributed by atoms with Crippen molar-refractivity contribution in [3.8, 4) is 17.2 Å². The van der Waals surface area contributed by atoms with Crippen molar-refractivity contribution in [1.29, 1.82) is 0 Å². The van der Waals surface area contributed by atoms with Crippen molar-refractivity contribution in [2.75, 3.05) is 19.5 Å². The van der Waals surface area contributed by atoms with Crippen molar-refractivity contribution in [1.82, 2.24) is 0 Å². The quantitative estimate of drug-likeness (QED) is 0.0658. The summed E-state index contributed by atoms with van der Waals surface area (Å²) in [5, 5.41) is 40.1. The summed E-state index contributed by atoms with van der Waals surface area (Å²) in [4.78, 5) is -1.04. The van der Waals surface area contributed by atoms with Gasteiger partial charge in [0.1, 0.15) is 44.0 Å². The molecule has 6 aromatic rings. The highest BCUT2D eigenvalue weighted by molar-refractivity contribution is 7.86. The lowest BCUT2D eigenvalue weighted by Gasteiger charge is -2.12. The van der Waals surface area contributed by atoms with Crippen LogP contribution in [0.2, 0.25) is 0 Å². The molecule has 0 unspecified atom stereocenters. The predicted octanol–water partition coefficient (Wildman–Crippen LogP) is 9.66. The zero-order valence-corrected chi connectivity index (χ0v) is 34.2. The number of benzene rings is 6. The number of fused-ring (bicyclic) bond motifs is 1. The molecule has 0 aromatic heterocycles. The van der Waals surface area contributed by atoms with E-state index in [2.05, 4.69) is 36.0 Å². The Labute approximate surface area is 344 Å². The van der Waals surface area contributed by atoms with Gasteiger partial charge in [-0.25, -0.2) is 0 Å². The maximum absolute atomic E-state index is 12.5. The zero-order valence-electron chi connectivity index (χ0n) is 31.7. The van der Waals surface area contributed by atoms with Crippen LogP contribution < -0.4 is 14.8 Å². The number of para-hydroxylation sites is 1. The number of azo groups is 3. The average molecular weight is 876 g/mol. The highest BCUT2D eigenvalue weighted by Gasteiger charge is 2.23. The van der Waals surface area contributed by atoms with Crippen LogP contribution in [-0.4, -0.2) is 57.9 Å². The van der Waals surface area contributed by atoms with E-state index in [1.165, 1.54) is 44.6 Å². The van der Waals surface area contributed by atoms with Crippen LogP contribution in [0.25, 0.3) is 10.8 Å². The minimum absolute atomic E-state index is 0.0523. The first-order valence-corrected chi connectivity index (χ1v) is 20.8. The van der Waals surface area contributed by atoms with E-state index in [-0.39, 0.29) is 28.3 Å². The van der Waals surface area contributed by atoms with Gasteiger partial charge in [0.25, 0.3) is 20.2 Å². The van der Waals surface area contributed by atoms with Gasteiger partial charge in [-0.15, -0.1) is 33.1 Å². The molecule has 0 aliphatic carbocycles. The van der Waals surface area contributed by atoms with Crippen LogP contribution >= 0.6 is 0 Å². The van der Waals surface area contributed by atoms with Crippen LogP contribution in [0.4, 0.5) is 45.5 Å². The van der Waals surface area contributed by atoms with Gasteiger partial charge in [-0.3, -0.25) is 9.11 Å². The molecule has 6 rings (SSSR count). The highest BCUT2D eigenvalue weighted by atomic mass is 32.2. The van der Waals surface area contributed by atoms with E-state index in [0.29, 0.717) is 39.3 Å². The number of methoxy groups -OCH3 is 2. The number of aromatic hydroxyl groups is 1. The number of nitrogens with zero attached hydrogens (tertiary/aromatic N) is 6. The molecular formula is C38H33N7O12S3. The van der Waals surface area contributed by atoms with Crippen LogP contribution in [0.5, 0.6) is 17.2 Å². The summed E-state index contributed by atoms with van der Waals surface area (Å²) in [6.45, 7) is 3.46. The molecule has 4 N–H and O–H groups in total. The van der Waals surface area contributed by atoms with Gasteiger partial charge in [0.05, 0.1) is 25.6 Å². The summed E-state index contributed by atoms with van der Waals surface area (Å²) in [6, 6.07) is 27.3. The Balaban J connectivity index is 0.00000163. The fourth-order valence-corrected chi connectivity index (χ4v) is 6.79. The molecule has 0 aliphatic heterocycles. The van der Waals surface area contributed by atoms with Gasteiger partial charge in [-0.05, 0) is 91.0 Å². The third-order valence-electron chi connectivity index (χ3n) is 8.32. The summed E-state index contributed by atoms with van der Waals surface area (Å²) in [7, 11) is -9.69. The molecule has 19 nitrogen and oxygen atoms in total. The number of aryl methyl sites for hydroxylation is 2. The van der Waals surface area contributed by atoms with Crippen LogP contribution in [0.3, 0.4) is 0 Å². The van der Waals surface area contributed by atoms with E-state index in [4.69, 9.17) is 22.1 Å². The standard InChI is InChI=1S/C38H33N7O9S2.O3S/c1-22-16-31(33(53-3)20-29(22)41-40-28-12-8-9-13-35(28)55(47,48)49)43-42-30-21-34(54-4)32(17-23(30)2)44-45-37-36(56(50,51)52)19-24-18-26(14-15-27(24)38(37)46)39-25-10-6-5-7-11-25;1-4(2)3/h5-21,39,46H,1-4H3,(H,47,48,49)(H,50,51,52);. The number of hydrogen-bond donors (Lipinski definition) is 4. The van der Waals surface area contributed by atoms with E-state index >= 15 is 0 Å². The van der Waals surface area contributed by atoms with Gasteiger partial charge in [-0.1, -0.05) is 30.3 Å². The summed E-state index contributed by atoms with van der Waals surface area (Å²) in [5.74, 6) is -0.0477. The third kappa shape index (κ3) is 10.9. The largest absolute Gasteiger partial charge is 0.505 e. The van der Waals surface area contributed by atoms with Crippen molar-refractivity contribution >= 4 is 87.1 Å². The number of phenolic OH excluding ortho intramolecular Hbond substituents is 1. The zero-order chi connectivity index (χ0) is 43.8. The molecule has 0 amide bonds. The molecule has 0 heterocycles. The van der Waals surface area contributed by atoms with E-state index in [1.807, 2.05) is 30.3 Å². The topological polar surface area (TPSA) is 285 Å². The fourth-order valence-electron chi connectivity index (χ4n) is 5.51. The summed E-state index contributed by atoms with van der Waals surface area (Å²) in [6.07, 6.45) is 0. The second kappa shape index (κ2) is 18.7. The number of phenols is 1. The van der Waals surface area contributed by atoms with E-state index in [1.54, 1.807) is 56.3 Å². The van der Waals surface area contributed by atoms with Crippen molar-refractivity contribution in [3.05, 3.63) is 114 Å². The Hall–Kier alpha value is -6.98. The first-order chi connectivity index (χ1) is 28.4. The molecule has 0 bridgehead atoms. The van der Waals surface area contributed by atoms with E-state index in [9.17, 15) is 31.0 Å². The lowest BCUT2D eigenvalue weighted by molar-refractivity contribution is 0.415. The molecule has 0 fully saturated rings. The molecule has 0 saturated carbocycles. The Morgan fingerprint density at radius 1 is 0.550 bits per heavy atom. The molecule has 0 aliphatic rings. The van der Waals surface area contributed by atoms with Crippen molar-refractivity contribution in [3.63, 3.8) is 0 Å². The lowest BCUT2D eigenvalue weighted by atomic mass is 10.1. The number of rotatable bonds is 12. The number of nitrogens with one attached hydrogen (secondary N) is 1. The normalized spacial score (nSPS) is 11.8. The molecule has 0 spiro atoms. The first kappa shape index (κ1) is 44.1. The lowest BCUT2D eigenvalue weighted by Crippen LogP contribution is -1.99. The highest BCUT2D eigenvalue weighted by Crippen LogP contribution is 2.44. The Morgan fingerprint density at radius 2 is 1.03 bits per heavy atom. The van der Waals surface area contributed by atoms with Gasteiger partial charge < -0.3 is 19.9 Å². The monoisotopic (exact) mass is 875 g/mol. The molecule has 6 aromatic carbocycles. The molecule has 310 valence electrons. The summed E-state index contributed by atoms with van der Waals surface area (Å²) >= 11 is 0. The first-order valence-electron chi connectivity index (χ1n) is 16.9. The van der Waals surface area contributed by atoms with E-state index < -0.39 is 52.1 Å². The van der Waals surface area contributed by atoms with E-state index in [0.717, 1.165) is 5.69 Å². The maximum Gasteiger partial charge on any atom is 0.425 e. The van der Waals surface area contributed by atoms with Crippen LogP contribution in [0.15, 0.2) is 144 Å². The Kier molecular flexibility index (Phi) is 13.8. The summed E-state index contributed by atoms with van der Waals surface area (Å²) in [5.41, 5.74) is 3.26. The maximum atomic E-state index is 12.5. The van der Waals surface area contributed by atoms with Gasteiger partial charge >= 0.3 is 10.6 Å². The minimum Gasteiger partial charge on any atom is -0.505 e. The SMILES string of the molecule is COc1cc(N=Nc2ccccc2S(=O)(=O)O)c(C)cc1N=Nc1cc(OC)c(N=Nc2c(S(=O)(=O)O)cc3cc(Nc4ccccc4)ccc3c2O)cc1C.O=S(=O)=O. The van der Waals surface area contributed by atoms with Gasteiger partial charge in [0.2, 0.25) is 0 Å². The van der Waals surface area contributed by atoms with Crippen molar-refractivity contribution < 1.29 is 53.1 Å². The molecule has 0 saturated heterocycles. The Morgan fingerprint density at radius 3 is 1.57 bits per heavy atom. The summed E-state index contributed by atoms with van der Waals surface area (Å²) < 4.78 is 104. The number of ether oxygens (including phenoxy) is 2.